The minimum Gasteiger partial charge on any atom is -0.352 e. The maximum absolute atomic E-state index is 12.2. The van der Waals surface area contributed by atoms with Gasteiger partial charge in [0.2, 0.25) is 5.91 Å². The van der Waals surface area contributed by atoms with Crippen LogP contribution in [0, 0.1) is 10.1 Å². The normalized spacial score (nSPS) is 13.4. The largest absolute Gasteiger partial charge is 0.352 e. The number of imide groups is 1. The van der Waals surface area contributed by atoms with Gasteiger partial charge in [0.25, 0.3) is 17.5 Å². The molecule has 1 aliphatic heterocycles. The maximum Gasteiger partial charge on any atom is 0.270 e. The summed E-state index contributed by atoms with van der Waals surface area (Å²) in [5, 5.41) is 13.5. The molecule has 1 heterocycles. The van der Waals surface area contributed by atoms with Gasteiger partial charge in [-0.05, 0) is 18.9 Å². The van der Waals surface area contributed by atoms with Crippen LogP contribution in [0.3, 0.4) is 0 Å². The Morgan fingerprint density at radius 1 is 1.22 bits per heavy atom. The maximum atomic E-state index is 12.2. The quantitative estimate of drug-likeness (QED) is 0.485. The highest BCUT2D eigenvalue weighted by molar-refractivity contribution is 6.22. The lowest BCUT2D eigenvalue weighted by atomic mass is 10.1. The molecule has 0 aliphatic carbocycles. The number of nitrogens with zero attached hydrogens (tertiary/aromatic N) is 2. The Balaban J connectivity index is 2.17. The highest BCUT2D eigenvalue weighted by atomic mass is 16.6. The monoisotopic (exact) mass is 319 g/mol. The van der Waals surface area contributed by atoms with Crippen LogP contribution in [0.25, 0.3) is 0 Å². The van der Waals surface area contributed by atoms with E-state index in [9.17, 15) is 24.5 Å². The third-order valence-electron chi connectivity index (χ3n) is 3.82. The van der Waals surface area contributed by atoms with Crippen molar-refractivity contribution in [1.29, 1.82) is 0 Å². The van der Waals surface area contributed by atoms with E-state index in [-0.39, 0.29) is 22.9 Å². The Labute approximate surface area is 132 Å². The van der Waals surface area contributed by atoms with Crippen molar-refractivity contribution in [3.63, 3.8) is 0 Å². The van der Waals surface area contributed by atoms with E-state index in [1.807, 2.05) is 13.8 Å². The van der Waals surface area contributed by atoms with Crippen molar-refractivity contribution in [1.82, 2.24) is 10.2 Å². The summed E-state index contributed by atoms with van der Waals surface area (Å²) < 4.78 is 0. The molecule has 0 spiro atoms. The van der Waals surface area contributed by atoms with Gasteiger partial charge in [-0.2, -0.15) is 0 Å². The fourth-order valence-electron chi connectivity index (χ4n) is 2.45. The zero-order chi connectivity index (χ0) is 17.1. The molecule has 0 saturated heterocycles. The number of fused-ring (bicyclic) bond motifs is 1. The summed E-state index contributed by atoms with van der Waals surface area (Å²) in [5.74, 6) is -1.73. The van der Waals surface area contributed by atoms with Crippen LogP contribution in [0.5, 0.6) is 0 Å². The summed E-state index contributed by atoms with van der Waals surface area (Å²) in [6.45, 7) is 3.46. The minimum atomic E-state index is -0.687. The van der Waals surface area contributed by atoms with Crippen LogP contribution in [0.2, 0.25) is 0 Å². The van der Waals surface area contributed by atoms with Gasteiger partial charge in [0, 0.05) is 18.2 Å². The van der Waals surface area contributed by atoms with Gasteiger partial charge in [0.15, 0.2) is 0 Å². The molecule has 0 aromatic heterocycles. The van der Waals surface area contributed by atoms with E-state index in [1.165, 1.54) is 6.07 Å². The molecule has 0 unspecified atom stereocenters. The van der Waals surface area contributed by atoms with Crippen LogP contribution in [-0.4, -0.2) is 40.1 Å². The van der Waals surface area contributed by atoms with Gasteiger partial charge < -0.3 is 5.32 Å². The molecule has 3 amide bonds. The third-order valence-corrected chi connectivity index (χ3v) is 3.82. The van der Waals surface area contributed by atoms with Crippen molar-refractivity contribution in [3.8, 4) is 0 Å². The van der Waals surface area contributed by atoms with Gasteiger partial charge in [0.05, 0.1) is 16.1 Å². The number of nitro benzene ring substituents is 1. The Kier molecular flexibility index (Phi) is 4.73. The Hall–Kier alpha value is -2.77. The summed E-state index contributed by atoms with van der Waals surface area (Å²) in [6, 6.07) is 3.46. The number of hydrogen-bond acceptors (Lipinski definition) is 5. The molecule has 1 aromatic rings. The number of nitrogens with one attached hydrogen (secondary N) is 1. The minimum absolute atomic E-state index is 0.0150. The summed E-state index contributed by atoms with van der Waals surface area (Å²) in [4.78, 5) is 47.4. The topological polar surface area (TPSA) is 110 Å². The molecular weight excluding hydrogens is 302 g/mol. The van der Waals surface area contributed by atoms with Crippen LogP contribution in [-0.2, 0) is 4.79 Å². The first-order valence-electron chi connectivity index (χ1n) is 7.33. The summed E-state index contributed by atoms with van der Waals surface area (Å²) >= 11 is 0. The van der Waals surface area contributed by atoms with Gasteiger partial charge in [-0.25, -0.2) is 0 Å². The second-order valence-corrected chi connectivity index (χ2v) is 5.26. The first-order valence-corrected chi connectivity index (χ1v) is 7.33. The first kappa shape index (κ1) is 16.6. The van der Waals surface area contributed by atoms with Gasteiger partial charge in [-0.1, -0.05) is 13.8 Å². The number of rotatable bonds is 6. The second-order valence-electron chi connectivity index (χ2n) is 5.26. The fourth-order valence-corrected chi connectivity index (χ4v) is 2.45. The summed E-state index contributed by atoms with van der Waals surface area (Å²) in [7, 11) is 0. The Morgan fingerprint density at radius 3 is 2.39 bits per heavy atom. The van der Waals surface area contributed by atoms with E-state index in [0.717, 1.165) is 29.9 Å². The number of benzene rings is 1. The van der Waals surface area contributed by atoms with Gasteiger partial charge in [0.1, 0.15) is 6.54 Å². The number of amides is 3. The molecule has 122 valence electrons. The lowest BCUT2D eigenvalue weighted by molar-refractivity contribution is -0.384. The third kappa shape index (κ3) is 3.20. The zero-order valence-electron chi connectivity index (χ0n) is 12.9. The average Bonchev–Trinajstić information content (AvgIpc) is 2.77. The summed E-state index contributed by atoms with van der Waals surface area (Å²) in [6.07, 6.45) is 1.49. The van der Waals surface area contributed by atoms with Crippen LogP contribution in [0.15, 0.2) is 18.2 Å². The number of carbonyl (C=O) groups excluding carboxylic acids is 3. The molecule has 0 bridgehead atoms. The van der Waals surface area contributed by atoms with Crippen LogP contribution in [0.1, 0.15) is 47.4 Å². The lowest BCUT2D eigenvalue weighted by Crippen LogP contribution is -2.43. The van der Waals surface area contributed by atoms with Crippen molar-refractivity contribution in [3.05, 3.63) is 39.4 Å². The van der Waals surface area contributed by atoms with Gasteiger partial charge in [-0.15, -0.1) is 0 Å². The van der Waals surface area contributed by atoms with E-state index in [1.54, 1.807) is 0 Å². The van der Waals surface area contributed by atoms with Crippen LogP contribution in [0.4, 0.5) is 5.69 Å². The molecule has 2 rings (SSSR count). The molecule has 1 aromatic carbocycles. The molecular formula is C15H17N3O5. The molecule has 1 N–H and O–H groups in total. The smallest absolute Gasteiger partial charge is 0.270 e. The number of nitro groups is 1. The molecule has 8 nitrogen and oxygen atoms in total. The molecule has 0 radical (unpaired) electrons. The van der Waals surface area contributed by atoms with Crippen LogP contribution >= 0.6 is 0 Å². The number of carbonyl (C=O) groups is 3. The van der Waals surface area contributed by atoms with E-state index in [2.05, 4.69) is 5.32 Å². The number of non-ortho nitro benzene ring substituents is 1. The summed E-state index contributed by atoms with van der Waals surface area (Å²) in [5.41, 5.74) is -0.233. The predicted molar refractivity (Wildman–Crippen MR) is 81.0 cm³/mol. The number of hydrogen-bond donors (Lipinski definition) is 1. The molecule has 1 aliphatic rings. The van der Waals surface area contributed by atoms with Crippen molar-refractivity contribution in [2.45, 2.75) is 32.7 Å². The Morgan fingerprint density at radius 2 is 1.83 bits per heavy atom. The molecule has 23 heavy (non-hydrogen) atoms. The SMILES string of the molecule is CCC(CC)NC(=O)CN1C(=O)c2ccc([N+](=O)[O-])cc2C1=O. The van der Waals surface area contributed by atoms with E-state index >= 15 is 0 Å². The molecule has 0 saturated carbocycles. The lowest BCUT2D eigenvalue weighted by Gasteiger charge is -2.18. The average molecular weight is 319 g/mol. The van der Waals surface area contributed by atoms with Gasteiger partial charge in [-0.3, -0.25) is 29.4 Å². The Bertz CT molecular complexity index is 682. The predicted octanol–water partition coefficient (Wildman–Crippen LogP) is 1.50. The highest BCUT2D eigenvalue weighted by Crippen LogP contribution is 2.26. The van der Waals surface area contributed by atoms with Crippen molar-refractivity contribution < 1.29 is 19.3 Å². The van der Waals surface area contributed by atoms with E-state index in [4.69, 9.17) is 0 Å². The standard InChI is InChI=1S/C15H17N3O5/c1-3-9(4-2)16-13(19)8-17-14(20)11-6-5-10(18(22)23)7-12(11)15(17)21/h5-7,9H,3-4,8H2,1-2H3,(H,16,19). The van der Waals surface area contributed by atoms with Gasteiger partial charge >= 0.3 is 0 Å². The molecule has 8 heteroatoms. The second kappa shape index (κ2) is 6.55. The first-order chi connectivity index (χ1) is 10.9. The zero-order valence-corrected chi connectivity index (χ0v) is 12.9. The van der Waals surface area contributed by atoms with Crippen molar-refractivity contribution in [2.75, 3.05) is 6.54 Å². The van der Waals surface area contributed by atoms with Crippen LogP contribution < -0.4 is 5.32 Å². The van der Waals surface area contributed by atoms with Crippen molar-refractivity contribution >= 4 is 23.4 Å². The van der Waals surface area contributed by atoms with Crippen molar-refractivity contribution in [2.24, 2.45) is 0 Å². The highest BCUT2D eigenvalue weighted by Gasteiger charge is 2.37. The fraction of sp³-hybridized carbons (Fsp3) is 0.400. The van der Waals surface area contributed by atoms with E-state index in [0.29, 0.717) is 0 Å². The van der Waals surface area contributed by atoms with E-state index < -0.39 is 29.2 Å². The molecule has 0 fully saturated rings. The molecule has 0 atom stereocenters.